The first kappa shape index (κ1) is 22.6. The molecule has 2 aliphatic heterocycles. The lowest BCUT2D eigenvalue weighted by Gasteiger charge is -2.17. The fraction of sp³-hybridized carbons (Fsp3) is 0.348. The Labute approximate surface area is 195 Å². The van der Waals surface area contributed by atoms with Gasteiger partial charge in [-0.05, 0) is 55.7 Å². The van der Waals surface area contributed by atoms with Gasteiger partial charge in [0.05, 0.1) is 35.4 Å². The van der Waals surface area contributed by atoms with Crippen molar-refractivity contribution in [1.29, 1.82) is 0 Å². The molecule has 2 aromatic rings. The van der Waals surface area contributed by atoms with Crippen molar-refractivity contribution in [3.63, 3.8) is 0 Å². The van der Waals surface area contributed by atoms with E-state index in [0.717, 1.165) is 12.8 Å². The number of nitrogens with one attached hydrogen (secondary N) is 1. The van der Waals surface area contributed by atoms with Gasteiger partial charge in [-0.15, -0.1) is 0 Å². The number of amides is 3. The van der Waals surface area contributed by atoms with Crippen LogP contribution in [0, 0.1) is 0 Å². The first-order valence-electron chi connectivity index (χ1n) is 10.4. The first-order valence-corrected chi connectivity index (χ1v) is 11.2. The molecule has 32 heavy (non-hydrogen) atoms. The Morgan fingerprint density at radius 3 is 2.69 bits per heavy atom. The zero-order chi connectivity index (χ0) is 22.7. The van der Waals surface area contributed by atoms with E-state index in [4.69, 9.17) is 32.7 Å². The van der Waals surface area contributed by atoms with Gasteiger partial charge in [-0.2, -0.15) is 0 Å². The molecule has 4 rings (SSSR count). The molecule has 1 atom stereocenters. The summed E-state index contributed by atoms with van der Waals surface area (Å²) in [4.78, 5) is 38.8. The molecule has 3 amide bonds. The van der Waals surface area contributed by atoms with E-state index in [2.05, 4.69) is 5.32 Å². The molecule has 0 aliphatic carbocycles. The van der Waals surface area contributed by atoms with Crippen molar-refractivity contribution in [3.8, 4) is 5.75 Å². The van der Waals surface area contributed by atoms with Crippen molar-refractivity contribution in [2.75, 3.05) is 25.1 Å². The third-order valence-corrected chi connectivity index (χ3v) is 5.89. The lowest BCUT2D eigenvalue weighted by Crippen LogP contribution is -2.36. The molecule has 1 fully saturated rings. The maximum atomic E-state index is 12.7. The van der Waals surface area contributed by atoms with Crippen molar-refractivity contribution in [2.24, 2.45) is 0 Å². The van der Waals surface area contributed by atoms with Crippen molar-refractivity contribution < 1.29 is 23.9 Å². The van der Waals surface area contributed by atoms with Crippen LogP contribution in [0.25, 0.3) is 0 Å². The molecule has 1 unspecified atom stereocenters. The van der Waals surface area contributed by atoms with Gasteiger partial charge >= 0.3 is 0 Å². The second kappa shape index (κ2) is 9.90. The minimum Gasteiger partial charge on any atom is -0.492 e. The van der Waals surface area contributed by atoms with E-state index in [0.29, 0.717) is 52.2 Å². The summed E-state index contributed by atoms with van der Waals surface area (Å²) in [5.41, 5.74) is 1.11. The lowest BCUT2D eigenvalue weighted by molar-refractivity contribution is -0.116. The zero-order valence-electron chi connectivity index (χ0n) is 17.2. The van der Waals surface area contributed by atoms with Crippen molar-refractivity contribution in [3.05, 3.63) is 57.6 Å². The van der Waals surface area contributed by atoms with Gasteiger partial charge in [-0.25, -0.2) is 0 Å². The Kier molecular flexibility index (Phi) is 6.98. The average molecular weight is 477 g/mol. The van der Waals surface area contributed by atoms with Crippen LogP contribution in [-0.2, 0) is 9.53 Å². The molecule has 2 aromatic carbocycles. The molecule has 0 bridgehead atoms. The van der Waals surface area contributed by atoms with Crippen LogP contribution in [0.3, 0.4) is 0 Å². The molecule has 0 saturated carbocycles. The van der Waals surface area contributed by atoms with E-state index in [9.17, 15) is 14.4 Å². The van der Waals surface area contributed by atoms with Crippen LogP contribution in [0.1, 0.15) is 46.4 Å². The molecule has 0 spiro atoms. The molecule has 9 heteroatoms. The smallest absolute Gasteiger partial charge is 0.261 e. The van der Waals surface area contributed by atoms with Crippen LogP contribution < -0.4 is 10.1 Å². The highest BCUT2D eigenvalue weighted by molar-refractivity contribution is 6.35. The number of hydrogen-bond acceptors (Lipinski definition) is 5. The maximum Gasteiger partial charge on any atom is 0.261 e. The molecule has 0 aromatic heterocycles. The summed E-state index contributed by atoms with van der Waals surface area (Å²) in [6.07, 6.45) is 2.36. The van der Waals surface area contributed by atoms with Crippen molar-refractivity contribution in [1.82, 2.24) is 4.90 Å². The van der Waals surface area contributed by atoms with Crippen LogP contribution in [0.15, 0.2) is 36.4 Å². The van der Waals surface area contributed by atoms with Crippen LogP contribution in [-0.4, -0.2) is 48.5 Å². The highest BCUT2D eigenvalue weighted by Gasteiger charge is 2.37. The molecule has 168 valence electrons. The summed E-state index contributed by atoms with van der Waals surface area (Å²) >= 11 is 11.9. The summed E-state index contributed by atoms with van der Waals surface area (Å²) in [5, 5.41) is 3.70. The predicted molar refractivity (Wildman–Crippen MR) is 121 cm³/mol. The highest BCUT2D eigenvalue weighted by Crippen LogP contribution is 2.29. The van der Waals surface area contributed by atoms with Gasteiger partial charge in [0.2, 0.25) is 5.91 Å². The number of hydrogen-bond donors (Lipinski definition) is 1. The first-order chi connectivity index (χ1) is 15.4. The number of nitrogens with zero attached hydrogens (tertiary/aromatic N) is 1. The number of halogens is 2. The number of benzene rings is 2. The number of imide groups is 1. The molecule has 1 N–H and O–H groups in total. The minimum absolute atomic E-state index is 0.110. The quantitative estimate of drug-likeness (QED) is 0.445. The Bertz CT molecular complexity index is 1050. The molecule has 0 radical (unpaired) electrons. The normalized spacial score (nSPS) is 17.6. The number of rotatable bonds is 8. The molecular formula is C23H22Cl2N2O5. The molecule has 7 nitrogen and oxygen atoms in total. The lowest BCUT2D eigenvalue weighted by atomic mass is 10.1. The third kappa shape index (κ3) is 5.06. The second-order valence-electron chi connectivity index (χ2n) is 7.69. The highest BCUT2D eigenvalue weighted by atomic mass is 35.5. The van der Waals surface area contributed by atoms with E-state index in [1.807, 2.05) is 0 Å². The average Bonchev–Trinajstić information content (AvgIpc) is 3.35. The maximum absolute atomic E-state index is 12.7. The summed E-state index contributed by atoms with van der Waals surface area (Å²) in [6.45, 7) is 1.22. The number of fused-ring (bicyclic) bond motifs is 1. The van der Waals surface area contributed by atoms with Crippen molar-refractivity contribution >= 4 is 46.6 Å². The van der Waals surface area contributed by atoms with Gasteiger partial charge in [0.25, 0.3) is 11.8 Å². The van der Waals surface area contributed by atoms with Crippen LogP contribution in [0.2, 0.25) is 10.0 Å². The number of ether oxygens (including phenoxy) is 2. The fourth-order valence-electron chi connectivity index (χ4n) is 3.76. The Morgan fingerprint density at radius 2 is 1.94 bits per heavy atom. The van der Waals surface area contributed by atoms with Crippen LogP contribution in [0.4, 0.5) is 5.69 Å². The molecule has 1 saturated heterocycles. The van der Waals surface area contributed by atoms with E-state index >= 15 is 0 Å². The van der Waals surface area contributed by atoms with Gasteiger partial charge < -0.3 is 14.8 Å². The monoisotopic (exact) mass is 476 g/mol. The Balaban J connectivity index is 1.29. The fourth-order valence-corrected chi connectivity index (χ4v) is 4.22. The summed E-state index contributed by atoms with van der Waals surface area (Å²) < 4.78 is 11.1. The Hall–Kier alpha value is -2.61. The van der Waals surface area contributed by atoms with Gasteiger partial charge in [-0.1, -0.05) is 23.2 Å². The number of carbonyl (C=O) groups excluding carboxylic acids is 3. The van der Waals surface area contributed by atoms with Crippen LogP contribution in [0.5, 0.6) is 5.75 Å². The van der Waals surface area contributed by atoms with Gasteiger partial charge in [0, 0.05) is 23.7 Å². The van der Waals surface area contributed by atoms with E-state index in [-0.39, 0.29) is 36.8 Å². The molecular weight excluding hydrogens is 455 g/mol. The second-order valence-corrected chi connectivity index (χ2v) is 8.53. The van der Waals surface area contributed by atoms with Crippen LogP contribution >= 0.6 is 23.2 Å². The third-order valence-electron chi connectivity index (χ3n) is 5.36. The van der Waals surface area contributed by atoms with Crippen molar-refractivity contribution in [2.45, 2.75) is 31.8 Å². The summed E-state index contributed by atoms with van der Waals surface area (Å²) in [7, 11) is 0. The van der Waals surface area contributed by atoms with Gasteiger partial charge in [0.1, 0.15) is 5.75 Å². The topological polar surface area (TPSA) is 84.9 Å². The van der Waals surface area contributed by atoms with E-state index in [1.165, 1.54) is 4.90 Å². The standard InChI is InChI=1S/C23H22Cl2N2O5/c24-14-5-8-20(19(25)11-14)32-10-2-4-21(28)26-15-6-7-17-18(12-15)23(30)27(22(17)29)13-16-3-1-9-31-16/h5-8,11-12,16H,1-4,9-10,13H2,(H,26,28). The summed E-state index contributed by atoms with van der Waals surface area (Å²) in [6, 6.07) is 9.70. The molecule has 2 aliphatic rings. The Morgan fingerprint density at radius 1 is 1.12 bits per heavy atom. The van der Waals surface area contributed by atoms with E-state index < -0.39 is 0 Å². The summed E-state index contributed by atoms with van der Waals surface area (Å²) in [5.74, 6) is -0.393. The minimum atomic E-state index is -0.357. The largest absolute Gasteiger partial charge is 0.492 e. The van der Waals surface area contributed by atoms with E-state index in [1.54, 1.807) is 36.4 Å². The van der Waals surface area contributed by atoms with Gasteiger partial charge in [-0.3, -0.25) is 19.3 Å². The predicted octanol–water partition coefficient (Wildman–Crippen LogP) is 4.57. The molecule has 2 heterocycles. The zero-order valence-corrected chi connectivity index (χ0v) is 18.7. The van der Waals surface area contributed by atoms with Gasteiger partial charge in [0.15, 0.2) is 0 Å². The number of anilines is 1. The SMILES string of the molecule is O=C(CCCOc1ccc(Cl)cc1Cl)Nc1ccc2c(c1)C(=O)N(CC1CCCO1)C2=O. The number of carbonyl (C=O) groups is 3.